The second-order valence-corrected chi connectivity index (χ2v) is 7.38. The van der Waals surface area contributed by atoms with E-state index in [4.69, 9.17) is 19.9 Å². The number of ether oxygens (including phenoxy) is 3. The maximum absolute atomic E-state index is 13.5. The molecule has 1 atom stereocenters. The molecule has 174 valence electrons. The van der Waals surface area contributed by atoms with Gasteiger partial charge in [-0.2, -0.15) is 13.2 Å². The van der Waals surface area contributed by atoms with Gasteiger partial charge in [-0.25, -0.2) is 9.97 Å². The number of rotatable bonds is 5. The Bertz CT molecular complexity index is 1210. The Labute approximate surface area is 186 Å². The highest BCUT2D eigenvalue weighted by atomic mass is 19.4. The highest BCUT2D eigenvalue weighted by Gasteiger charge is 2.32. The Morgan fingerprint density at radius 2 is 1.85 bits per heavy atom. The van der Waals surface area contributed by atoms with Gasteiger partial charge in [0.05, 0.1) is 37.6 Å². The topological polar surface area (TPSA) is 109 Å². The summed E-state index contributed by atoms with van der Waals surface area (Å²) >= 11 is 0. The van der Waals surface area contributed by atoms with Gasteiger partial charge in [-0.05, 0) is 24.3 Å². The number of nitrogens with one attached hydrogen (secondary N) is 1. The number of carbonyl (C=O) groups is 1. The number of hydrogen-bond donors (Lipinski definition) is 2. The molecule has 11 heteroatoms. The van der Waals surface area contributed by atoms with E-state index in [0.29, 0.717) is 53.9 Å². The van der Waals surface area contributed by atoms with Crippen LogP contribution in [-0.2, 0) is 10.9 Å². The zero-order valence-electron chi connectivity index (χ0n) is 17.8. The second kappa shape index (κ2) is 8.83. The number of benzene rings is 2. The number of halogens is 3. The van der Waals surface area contributed by atoms with E-state index in [1.165, 1.54) is 20.3 Å². The molecular weight excluding hydrogens is 441 g/mol. The molecule has 2 heterocycles. The van der Waals surface area contributed by atoms with E-state index in [-0.39, 0.29) is 17.0 Å². The summed E-state index contributed by atoms with van der Waals surface area (Å²) in [4.78, 5) is 20.7. The van der Waals surface area contributed by atoms with Gasteiger partial charge in [-0.1, -0.05) is 0 Å². The third-order valence-electron chi connectivity index (χ3n) is 5.27. The molecule has 1 saturated heterocycles. The molecule has 0 saturated carbocycles. The fraction of sp³-hybridized carbons (Fsp3) is 0.318. The van der Waals surface area contributed by atoms with E-state index in [1.807, 2.05) is 0 Å². The number of nitrogens with zero attached hydrogens (tertiary/aromatic N) is 2. The van der Waals surface area contributed by atoms with Crippen LogP contribution in [0, 0.1) is 0 Å². The van der Waals surface area contributed by atoms with Crippen LogP contribution in [0.25, 0.3) is 22.3 Å². The molecule has 0 radical (unpaired) electrons. The van der Waals surface area contributed by atoms with Crippen molar-refractivity contribution in [3.05, 3.63) is 47.2 Å². The molecule has 2 aromatic carbocycles. The monoisotopic (exact) mass is 462 g/mol. The maximum atomic E-state index is 13.5. The molecule has 1 aromatic heterocycles. The summed E-state index contributed by atoms with van der Waals surface area (Å²) in [6.07, 6.45) is -5.16. The van der Waals surface area contributed by atoms with Crippen molar-refractivity contribution in [3.8, 4) is 22.9 Å². The zero-order valence-corrected chi connectivity index (χ0v) is 17.8. The van der Waals surface area contributed by atoms with E-state index >= 15 is 0 Å². The number of methoxy groups -OCH3 is 2. The molecule has 1 aliphatic heterocycles. The number of aromatic nitrogens is 2. The summed E-state index contributed by atoms with van der Waals surface area (Å²) in [5.41, 5.74) is 4.84. The minimum Gasteiger partial charge on any atom is -0.493 e. The average molecular weight is 462 g/mol. The molecule has 0 spiro atoms. The summed E-state index contributed by atoms with van der Waals surface area (Å²) in [6, 6.07) is 6.14. The molecule has 1 fully saturated rings. The first-order chi connectivity index (χ1) is 15.7. The minimum atomic E-state index is -4.69. The van der Waals surface area contributed by atoms with Crippen LogP contribution in [0.15, 0.2) is 30.3 Å². The van der Waals surface area contributed by atoms with Gasteiger partial charge in [-0.15, -0.1) is 0 Å². The summed E-state index contributed by atoms with van der Waals surface area (Å²) in [5.74, 6) is -0.159. The van der Waals surface area contributed by atoms with E-state index in [0.717, 1.165) is 6.07 Å². The first-order valence-corrected chi connectivity index (χ1v) is 9.99. The molecule has 33 heavy (non-hydrogen) atoms. The Hall–Kier alpha value is -3.44. The Morgan fingerprint density at radius 1 is 1.12 bits per heavy atom. The lowest BCUT2D eigenvalue weighted by Crippen LogP contribution is -2.34. The van der Waals surface area contributed by atoms with Crippen LogP contribution in [-0.4, -0.2) is 49.8 Å². The van der Waals surface area contributed by atoms with Crippen molar-refractivity contribution in [1.29, 1.82) is 0 Å². The van der Waals surface area contributed by atoms with E-state index in [9.17, 15) is 18.0 Å². The lowest BCUT2D eigenvalue weighted by Gasteiger charge is -2.25. The Kier molecular flexibility index (Phi) is 6.09. The standard InChI is InChI=1S/C22H21F3N4O4/c1-31-16-8-14-15(9-17(16)32-2)28-21(29-19(14)18-10-27-3-4-33-18)12-5-11(20(26)30)6-13(7-12)22(23,24)25/h5-9,18,27H,3-4,10H2,1-2H3,(H2,26,30). The molecule has 1 aliphatic rings. The van der Waals surface area contributed by atoms with E-state index in [2.05, 4.69) is 15.3 Å². The molecule has 1 unspecified atom stereocenters. The first-order valence-electron chi connectivity index (χ1n) is 9.99. The van der Waals surface area contributed by atoms with Crippen molar-refractivity contribution in [2.45, 2.75) is 12.3 Å². The van der Waals surface area contributed by atoms with Gasteiger partial charge in [-0.3, -0.25) is 4.79 Å². The molecule has 3 aromatic rings. The number of carbonyl (C=O) groups excluding carboxylic acids is 1. The summed E-state index contributed by atoms with van der Waals surface area (Å²) < 4.78 is 57.0. The molecule has 3 N–H and O–H groups in total. The van der Waals surface area contributed by atoms with Crippen molar-refractivity contribution in [2.24, 2.45) is 5.73 Å². The number of nitrogens with two attached hydrogens (primary N) is 1. The maximum Gasteiger partial charge on any atom is 0.416 e. The third kappa shape index (κ3) is 4.55. The van der Waals surface area contributed by atoms with Crippen LogP contribution in [0.1, 0.15) is 27.7 Å². The highest BCUT2D eigenvalue weighted by molar-refractivity contribution is 5.94. The van der Waals surface area contributed by atoms with Crippen molar-refractivity contribution >= 4 is 16.8 Å². The predicted octanol–water partition coefficient (Wildman–Crippen LogP) is 3.09. The molecule has 4 rings (SSSR count). The Morgan fingerprint density at radius 3 is 2.45 bits per heavy atom. The van der Waals surface area contributed by atoms with Crippen LogP contribution < -0.4 is 20.5 Å². The zero-order chi connectivity index (χ0) is 23.8. The first kappa shape index (κ1) is 22.7. The molecule has 0 aliphatic carbocycles. The molecular formula is C22H21F3N4O4. The van der Waals surface area contributed by atoms with Crippen molar-refractivity contribution in [1.82, 2.24) is 15.3 Å². The summed E-state index contributed by atoms with van der Waals surface area (Å²) in [7, 11) is 2.96. The number of fused-ring (bicyclic) bond motifs is 1. The van der Waals surface area contributed by atoms with E-state index < -0.39 is 23.8 Å². The van der Waals surface area contributed by atoms with Gasteiger partial charge in [0.2, 0.25) is 5.91 Å². The average Bonchev–Trinajstić information content (AvgIpc) is 2.82. The SMILES string of the molecule is COc1cc2nc(-c3cc(C(N)=O)cc(C(F)(F)F)c3)nc(C3CNCCO3)c2cc1OC. The van der Waals surface area contributed by atoms with Crippen molar-refractivity contribution in [2.75, 3.05) is 33.9 Å². The van der Waals surface area contributed by atoms with Crippen molar-refractivity contribution in [3.63, 3.8) is 0 Å². The van der Waals surface area contributed by atoms with E-state index in [1.54, 1.807) is 12.1 Å². The lowest BCUT2D eigenvalue weighted by molar-refractivity contribution is -0.137. The number of morpholine rings is 1. The lowest BCUT2D eigenvalue weighted by atomic mass is 10.0. The molecule has 0 bridgehead atoms. The summed E-state index contributed by atoms with van der Waals surface area (Å²) in [5, 5.41) is 3.81. The van der Waals surface area contributed by atoms with Crippen LogP contribution in [0.4, 0.5) is 13.2 Å². The quantitative estimate of drug-likeness (QED) is 0.600. The predicted molar refractivity (Wildman–Crippen MR) is 113 cm³/mol. The van der Waals surface area contributed by atoms with Gasteiger partial charge >= 0.3 is 6.18 Å². The number of hydrogen-bond acceptors (Lipinski definition) is 7. The smallest absolute Gasteiger partial charge is 0.416 e. The number of primary amides is 1. The van der Waals surface area contributed by atoms with Gasteiger partial charge in [0.1, 0.15) is 6.10 Å². The van der Waals surface area contributed by atoms with Gasteiger partial charge in [0, 0.05) is 35.7 Å². The fourth-order valence-corrected chi connectivity index (χ4v) is 3.66. The van der Waals surface area contributed by atoms with Crippen LogP contribution in [0.5, 0.6) is 11.5 Å². The van der Waals surface area contributed by atoms with Gasteiger partial charge in [0.25, 0.3) is 0 Å². The van der Waals surface area contributed by atoms with Crippen LogP contribution in [0.3, 0.4) is 0 Å². The van der Waals surface area contributed by atoms with Crippen LogP contribution >= 0.6 is 0 Å². The Balaban J connectivity index is 1.98. The molecule has 1 amide bonds. The second-order valence-electron chi connectivity index (χ2n) is 7.38. The summed E-state index contributed by atoms with van der Waals surface area (Å²) in [6.45, 7) is 1.56. The number of amides is 1. The third-order valence-corrected chi connectivity index (χ3v) is 5.27. The van der Waals surface area contributed by atoms with Crippen LogP contribution in [0.2, 0.25) is 0 Å². The van der Waals surface area contributed by atoms with Crippen molar-refractivity contribution < 1.29 is 32.2 Å². The van der Waals surface area contributed by atoms with Gasteiger partial charge in [0.15, 0.2) is 17.3 Å². The minimum absolute atomic E-state index is 0.000304. The normalized spacial score (nSPS) is 16.6. The molecule has 8 nitrogen and oxygen atoms in total. The fourth-order valence-electron chi connectivity index (χ4n) is 3.66. The highest BCUT2D eigenvalue weighted by Crippen LogP contribution is 2.37. The van der Waals surface area contributed by atoms with Gasteiger partial charge < -0.3 is 25.3 Å². The largest absolute Gasteiger partial charge is 0.493 e. The number of alkyl halides is 3.